The predicted octanol–water partition coefficient (Wildman–Crippen LogP) is 6.75. The van der Waals surface area contributed by atoms with Gasteiger partial charge in [-0.25, -0.2) is 4.68 Å². The van der Waals surface area contributed by atoms with E-state index in [9.17, 15) is 4.79 Å². The minimum atomic E-state index is -0.141. The Hall–Kier alpha value is -3.90. The molecule has 32 heavy (non-hydrogen) atoms. The lowest BCUT2D eigenvalue weighted by molar-refractivity contribution is 0.103. The van der Waals surface area contributed by atoms with Gasteiger partial charge in [0.15, 0.2) is 0 Å². The molecule has 0 saturated carbocycles. The zero-order chi connectivity index (χ0) is 22.1. The Balaban J connectivity index is 1.35. The molecule has 5 nitrogen and oxygen atoms in total. The Kier molecular flexibility index (Phi) is 5.21. The molecule has 0 aliphatic carbocycles. The van der Waals surface area contributed by atoms with E-state index in [2.05, 4.69) is 29.5 Å². The van der Waals surface area contributed by atoms with Crippen molar-refractivity contribution in [2.75, 3.05) is 5.32 Å². The summed E-state index contributed by atoms with van der Waals surface area (Å²) in [5.74, 6) is 1.34. The van der Waals surface area contributed by atoms with Gasteiger partial charge in [0, 0.05) is 11.1 Å². The van der Waals surface area contributed by atoms with E-state index in [1.54, 1.807) is 0 Å². The number of aromatic nitrogens is 2. The fraction of sp³-hybridized carbons (Fsp3) is 0.0769. The summed E-state index contributed by atoms with van der Waals surface area (Å²) in [6.45, 7) is 4.02. The van der Waals surface area contributed by atoms with Gasteiger partial charge in [-0.3, -0.25) is 4.79 Å². The Morgan fingerprint density at radius 3 is 2.31 bits per heavy atom. The van der Waals surface area contributed by atoms with E-state index >= 15 is 0 Å². The number of nitrogens with one attached hydrogen (secondary N) is 1. The van der Waals surface area contributed by atoms with Crippen molar-refractivity contribution in [2.45, 2.75) is 13.8 Å². The lowest BCUT2D eigenvalue weighted by atomic mass is 10.2. The first-order valence-corrected chi connectivity index (χ1v) is 11.1. The van der Waals surface area contributed by atoms with E-state index in [4.69, 9.17) is 4.74 Å². The molecular formula is C26H21N3O2S. The van der Waals surface area contributed by atoms with Crippen molar-refractivity contribution in [1.82, 2.24) is 9.78 Å². The fourth-order valence-corrected chi connectivity index (χ4v) is 4.52. The molecule has 0 radical (unpaired) electrons. The van der Waals surface area contributed by atoms with Gasteiger partial charge in [-0.2, -0.15) is 5.10 Å². The summed E-state index contributed by atoms with van der Waals surface area (Å²) in [5, 5.41) is 8.63. The second-order valence-corrected chi connectivity index (χ2v) is 8.59. The number of carbonyl (C=O) groups excluding carboxylic acids is 1. The van der Waals surface area contributed by atoms with Crippen LogP contribution < -0.4 is 10.1 Å². The number of anilines is 1. The first kappa shape index (κ1) is 20.0. The maximum absolute atomic E-state index is 12.9. The molecule has 0 fully saturated rings. The molecule has 0 aliphatic rings. The summed E-state index contributed by atoms with van der Waals surface area (Å²) in [6.07, 6.45) is 0. The largest absolute Gasteiger partial charge is 0.457 e. The van der Waals surface area contributed by atoms with Gasteiger partial charge < -0.3 is 10.1 Å². The van der Waals surface area contributed by atoms with Gasteiger partial charge in [0.25, 0.3) is 5.91 Å². The predicted molar refractivity (Wildman–Crippen MR) is 129 cm³/mol. The summed E-state index contributed by atoms with van der Waals surface area (Å²) < 4.78 is 7.71. The average molecular weight is 440 g/mol. The number of benzene rings is 3. The maximum Gasteiger partial charge on any atom is 0.265 e. The number of hydrogen-bond acceptors (Lipinski definition) is 4. The van der Waals surface area contributed by atoms with Crippen molar-refractivity contribution in [3.63, 3.8) is 0 Å². The molecule has 5 rings (SSSR count). The number of ether oxygens (including phenoxy) is 1. The second-order valence-electron chi connectivity index (χ2n) is 7.56. The number of rotatable bonds is 5. The van der Waals surface area contributed by atoms with Crippen LogP contribution in [-0.2, 0) is 0 Å². The standard InChI is InChI=1S/C26H21N3O2S/c1-17-8-12-20(13-9-17)29-26-23(18(2)28-29)16-24(32-26)25(30)27-19-10-14-22(15-11-19)31-21-6-4-3-5-7-21/h3-16H,1-2H3,(H,27,30). The zero-order valence-electron chi connectivity index (χ0n) is 17.7. The summed E-state index contributed by atoms with van der Waals surface area (Å²) in [7, 11) is 0. The molecule has 0 bridgehead atoms. The summed E-state index contributed by atoms with van der Waals surface area (Å²) in [4.78, 5) is 14.5. The highest BCUT2D eigenvalue weighted by molar-refractivity contribution is 7.20. The van der Waals surface area contributed by atoms with Gasteiger partial charge in [0.1, 0.15) is 16.3 Å². The van der Waals surface area contributed by atoms with Gasteiger partial charge in [-0.1, -0.05) is 35.9 Å². The van der Waals surface area contributed by atoms with Crippen LogP contribution >= 0.6 is 11.3 Å². The van der Waals surface area contributed by atoms with Crippen LogP contribution in [0.15, 0.2) is 84.9 Å². The van der Waals surface area contributed by atoms with Crippen molar-refractivity contribution in [3.05, 3.63) is 101 Å². The fourth-order valence-electron chi connectivity index (χ4n) is 3.44. The van der Waals surface area contributed by atoms with E-state index in [0.717, 1.165) is 27.3 Å². The monoisotopic (exact) mass is 439 g/mol. The molecule has 5 aromatic rings. The Labute approximate surface area is 189 Å². The first-order valence-electron chi connectivity index (χ1n) is 10.3. The third kappa shape index (κ3) is 4.00. The van der Waals surface area contributed by atoms with Crippen LogP contribution in [0.1, 0.15) is 20.9 Å². The maximum atomic E-state index is 12.9. The van der Waals surface area contributed by atoms with Gasteiger partial charge in [0.2, 0.25) is 0 Å². The number of para-hydroxylation sites is 1. The molecule has 1 N–H and O–H groups in total. The molecular weight excluding hydrogens is 418 g/mol. The molecule has 2 heterocycles. The van der Waals surface area contributed by atoms with Gasteiger partial charge in [-0.15, -0.1) is 11.3 Å². The van der Waals surface area contributed by atoms with E-state index in [-0.39, 0.29) is 5.91 Å². The number of thiophene rings is 1. The van der Waals surface area contributed by atoms with E-state index in [1.807, 2.05) is 84.4 Å². The SMILES string of the molecule is Cc1ccc(-n2nc(C)c3cc(C(=O)Nc4ccc(Oc5ccccc5)cc4)sc32)cc1. The molecule has 158 valence electrons. The molecule has 0 saturated heterocycles. The van der Waals surface area contributed by atoms with Crippen molar-refractivity contribution >= 4 is 33.1 Å². The quantitative estimate of drug-likeness (QED) is 0.330. The van der Waals surface area contributed by atoms with Crippen LogP contribution in [0.3, 0.4) is 0 Å². The van der Waals surface area contributed by atoms with Crippen LogP contribution in [0.2, 0.25) is 0 Å². The highest BCUT2D eigenvalue weighted by Crippen LogP contribution is 2.31. The minimum Gasteiger partial charge on any atom is -0.457 e. The highest BCUT2D eigenvalue weighted by Gasteiger charge is 2.17. The summed E-state index contributed by atoms with van der Waals surface area (Å²) in [5.41, 5.74) is 3.79. The summed E-state index contributed by atoms with van der Waals surface area (Å²) >= 11 is 1.44. The first-order chi connectivity index (χ1) is 15.6. The molecule has 0 aliphatic heterocycles. The van der Waals surface area contributed by atoms with Crippen molar-refractivity contribution in [3.8, 4) is 17.2 Å². The van der Waals surface area contributed by atoms with Crippen LogP contribution in [-0.4, -0.2) is 15.7 Å². The molecule has 0 atom stereocenters. The Morgan fingerprint density at radius 1 is 0.906 bits per heavy atom. The average Bonchev–Trinajstić information content (AvgIpc) is 3.37. The second kappa shape index (κ2) is 8.32. The Morgan fingerprint density at radius 2 is 1.59 bits per heavy atom. The Bertz CT molecular complexity index is 1390. The topological polar surface area (TPSA) is 56.2 Å². The van der Waals surface area contributed by atoms with E-state index in [1.165, 1.54) is 16.9 Å². The van der Waals surface area contributed by atoms with Gasteiger partial charge >= 0.3 is 0 Å². The van der Waals surface area contributed by atoms with Crippen LogP contribution in [0.25, 0.3) is 15.9 Å². The van der Waals surface area contributed by atoms with E-state index in [0.29, 0.717) is 16.3 Å². The third-order valence-electron chi connectivity index (χ3n) is 5.14. The number of aryl methyl sites for hydroxylation is 2. The molecule has 3 aromatic carbocycles. The third-order valence-corrected chi connectivity index (χ3v) is 6.25. The molecule has 0 unspecified atom stereocenters. The highest BCUT2D eigenvalue weighted by atomic mass is 32.1. The van der Waals surface area contributed by atoms with Crippen molar-refractivity contribution < 1.29 is 9.53 Å². The number of hydrogen-bond donors (Lipinski definition) is 1. The molecule has 0 spiro atoms. The molecule has 1 amide bonds. The van der Waals surface area contributed by atoms with Crippen molar-refractivity contribution in [2.24, 2.45) is 0 Å². The van der Waals surface area contributed by atoms with Crippen LogP contribution in [0, 0.1) is 13.8 Å². The number of nitrogens with zero attached hydrogens (tertiary/aromatic N) is 2. The van der Waals surface area contributed by atoms with E-state index < -0.39 is 0 Å². The molecule has 2 aromatic heterocycles. The summed E-state index contributed by atoms with van der Waals surface area (Å²) in [6, 6.07) is 27.1. The lowest BCUT2D eigenvalue weighted by Crippen LogP contribution is -2.10. The number of fused-ring (bicyclic) bond motifs is 1. The molecule has 6 heteroatoms. The van der Waals surface area contributed by atoms with Crippen LogP contribution in [0.4, 0.5) is 5.69 Å². The van der Waals surface area contributed by atoms with Crippen molar-refractivity contribution in [1.29, 1.82) is 0 Å². The van der Waals surface area contributed by atoms with Gasteiger partial charge in [-0.05, 0) is 68.4 Å². The lowest BCUT2D eigenvalue weighted by Gasteiger charge is -2.07. The minimum absolute atomic E-state index is 0.141. The smallest absolute Gasteiger partial charge is 0.265 e. The van der Waals surface area contributed by atoms with Gasteiger partial charge in [0.05, 0.1) is 16.3 Å². The van der Waals surface area contributed by atoms with Crippen LogP contribution in [0.5, 0.6) is 11.5 Å². The number of carbonyl (C=O) groups is 1. The number of amides is 1. The normalized spacial score (nSPS) is 10.9. The zero-order valence-corrected chi connectivity index (χ0v) is 18.5.